The zero-order valence-corrected chi connectivity index (χ0v) is 11.5. The van der Waals surface area contributed by atoms with Crippen LogP contribution in [0.3, 0.4) is 0 Å². The van der Waals surface area contributed by atoms with Gasteiger partial charge in [-0.25, -0.2) is 0 Å². The highest BCUT2D eigenvalue weighted by Crippen LogP contribution is 2.36. The smallest absolute Gasteiger partial charge is 0.0767 e. The van der Waals surface area contributed by atoms with Gasteiger partial charge in [0.25, 0.3) is 0 Å². The number of hydrogen-bond acceptors (Lipinski definition) is 2. The van der Waals surface area contributed by atoms with Gasteiger partial charge < -0.3 is 10.0 Å². The molecule has 2 nitrogen and oxygen atoms in total. The summed E-state index contributed by atoms with van der Waals surface area (Å²) in [6, 6.07) is 5.97. The van der Waals surface area contributed by atoms with Crippen LogP contribution < -0.4 is 4.90 Å². The summed E-state index contributed by atoms with van der Waals surface area (Å²) in [6.45, 7) is 7.20. The van der Waals surface area contributed by atoms with Crippen LogP contribution in [-0.2, 0) is 0 Å². The normalized spacial score (nSPS) is 23.8. The highest BCUT2D eigenvalue weighted by Gasteiger charge is 2.38. The fourth-order valence-electron chi connectivity index (χ4n) is 2.58. The van der Waals surface area contributed by atoms with E-state index in [9.17, 15) is 5.11 Å². The summed E-state index contributed by atoms with van der Waals surface area (Å²) in [4.78, 5) is 2.28. The van der Waals surface area contributed by atoms with E-state index in [2.05, 4.69) is 24.8 Å². The largest absolute Gasteiger partial charge is 0.391 e. The van der Waals surface area contributed by atoms with Crippen LogP contribution in [0, 0.1) is 6.92 Å². The fourth-order valence-corrected chi connectivity index (χ4v) is 2.75. The van der Waals surface area contributed by atoms with Crippen LogP contribution in [0.25, 0.3) is 0 Å². The van der Waals surface area contributed by atoms with Crippen molar-refractivity contribution >= 4 is 17.3 Å². The molecular formula is C14H20ClNO. The number of anilines is 1. The van der Waals surface area contributed by atoms with Crippen LogP contribution in [0.1, 0.15) is 32.3 Å². The number of aliphatic hydroxyl groups excluding tert-OH is 1. The molecular weight excluding hydrogens is 234 g/mol. The van der Waals surface area contributed by atoms with Crippen molar-refractivity contribution in [2.75, 3.05) is 11.4 Å². The second-order valence-electron chi connectivity index (χ2n) is 5.35. The van der Waals surface area contributed by atoms with Gasteiger partial charge >= 0.3 is 0 Å². The molecule has 1 heterocycles. The maximum absolute atomic E-state index is 10.2. The fraction of sp³-hybridized carbons (Fsp3) is 0.571. The van der Waals surface area contributed by atoms with Gasteiger partial charge in [0.1, 0.15) is 0 Å². The average molecular weight is 254 g/mol. The van der Waals surface area contributed by atoms with E-state index in [1.165, 1.54) is 0 Å². The van der Waals surface area contributed by atoms with Gasteiger partial charge in [-0.05, 0) is 51.3 Å². The first-order chi connectivity index (χ1) is 7.94. The van der Waals surface area contributed by atoms with Crippen molar-refractivity contribution < 1.29 is 5.11 Å². The summed E-state index contributed by atoms with van der Waals surface area (Å²) in [5.41, 5.74) is 2.01. The third-order valence-electron chi connectivity index (χ3n) is 3.90. The van der Waals surface area contributed by atoms with Crippen LogP contribution in [0.15, 0.2) is 18.2 Å². The van der Waals surface area contributed by atoms with Crippen molar-refractivity contribution in [2.24, 2.45) is 0 Å². The number of halogens is 1. The van der Waals surface area contributed by atoms with Crippen LogP contribution in [-0.4, -0.2) is 23.3 Å². The van der Waals surface area contributed by atoms with Crippen molar-refractivity contribution in [3.05, 3.63) is 28.8 Å². The molecule has 0 aromatic heterocycles. The minimum absolute atomic E-state index is 0.228. The van der Waals surface area contributed by atoms with Gasteiger partial charge in [-0.1, -0.05) is 17.7 Å². The van der Waals surface area contributed by atoms with Crippen molar-refractivity contribution in [2.45, 2.75) is 45.3 Å². The molecule has 1 aromatic rings. The van der Waals surface area contributed by atoms with E-state index in [1.54, 1.807) is 0 Å². The first-order valence-electron chi connectivity index (χ1n) is 6.15. The number of aliphatic hydroxyl groups is 1. The van der Waals surface area contributed by atoms with Gasteiger partial charge in [0.05, 0.1) is 11.6 Å². The Balaban J connectivity index is 2.42. The molecule has 1 aromatic carbocycles. The number of benzene rings is 1. The molecule has 1 N–H and O–H groups in total. The van der Waals surface area contributed by atoms with Crippen molar-refractivity contribution in [3.8, 4) is 0 Å². The van der Waals surface area contributed by atoms with Gasteiger partial charge in [0.2, 0.25) is 0 Å². The number of rotatable bonds is 1. The first kappa shape index (κ1) is 12.7. The molecule has 2 rings (SSSR count). The van der Waals surface area contributed by atoms with E-state index in [4.69, 9.17) is 11.6 Å². The van der Waals surface area contributed by atoms with Gasteiger partial charge in [-0.2, -0.15) is 0 Å². The number of piperidine rings is 1. The van der Waals surface area contributed by atoms with E-state index in [0.29, 0.717) is 0 Å². The summed E-state index contributed by atoms with van der Waals surface area (Å²) < 4.78 is 0. The Morgan fingerprint density at radius 3 is 2.82 bits per heavy atom. The molecule has 1 fully saturated rings. The van der Waals surface area contributed by atoms with Crippen molar-refractivity contribution in [1.82, 2.24) is 0 Å². The zero-order valence-electron chi connectivity index (χ0n) is 10.7. The Bertz CT molecular complexity index is 417. The molecule has 94 valence electrons. The van der Waals surface area contributed by atoms with E-state index in [1.807, 2.05) is 19.1 Å². The van der Waals surface area contributed by atoms with E-state index < -0.39 is 0 Å². The summed E-state index contributed by atoms with van der Waals surface area (Å²) in [5.74, 6) is 0. The molecule has 1 atom stereocenters. The quantitative estimate of drug-likeness (QED) is 0.829. The lowest BCUT2D eigenvalue weighted by atomic mass is 9.86. The number of hydrogen-bond donors (Lipinski definition) is 1. The van der Waals surface area contributed by atoms with Crippen LogP contribution in [0.4, 0.5) is 5.69 Å². The molecule has 0 bridgehead atoms. The van der Waals surface area contributed by atoms with Gasteiger partial charge in [-0.3, -0.25) is 0 Å². The lowest BCUT2D eigenvalue weighted by molar-refractivity contribution is 0.0711. The summed E-state index contributed by atoms with van der Waals surface area (Å²) in [5, 5.41) is 10.9. The van der Waals surface area contributed by atoms with Gasteiger partial charge in [0.15, 0.2) is 0 Å². The highest BCUT2D eigenvalue weighted by molar-refractivity contribution is 6.31. The number of nitrogens with zero attached hydrogens (tertiary/aromatic N) is 1. The highest BCUT2D eigenvalue weighted by atomic mass is 35.5. The first-order valence-corrected chi connectivity index (χ1v) is 6.53. The van der Waals surface area contributed by atoms with Crippen molar-refractivity contribution in [3.63, 3.8) is 0 Å². The second-order valence-corrected chi connectivity index (χ2v) is 5.75. The maximum atomic E-state index is 10.2. The molecule has 1 aliphatic rings. The molecule has 0 radical (unpaired) electrons. The van der Waals surface area contributed by atoms with Gasteiger partial charge in [-0.15, -0.1) is 0 Å². The minimum Gasteiger partial charge on any atom is -0.391 e. The Morgan fingerprint density at radius 2 is 2.12 bits per heavy atom. The minimum atomic E-state index is -0.283. The molecule has 0 spiro atoms. The second kappa shape index (κ2) is 4.51. The Morgan fingerprint density at radius 1 is 1.41 bits per heavy atom. The molecule has 0 amide bonds. The Hall–Kier alpha value is -0.730. The van der Waals surface area contributed by atoms with E-state index in [0.717, 1.165) is 35.7 Å². The van der Waals surface area contributed by atoms with Crippen molar-refractivity contribution in [1.29, 1.82) is 0 Å². The summed E-state index contributed by atoms with van der Waals surface area (Å²) in [6.07, 6.45) is 1.62. The SMILES string of the molecule is Cc1c(Cl)cccc1N1CCCC(O)C1(C)C. The van der Waals surface area contributed by atoms with E-state index >= 15 is 0 Å². The molecule has 17 heavy (non-hydrogen) atoms. The lowest BCUT2D eigenvalue weighted by Gasteiger charge is -2.48. The van der Waals surface area contributed by atoms with E-state index in [-0.39, 0.29) is 11.6 Å². The zero-order chi connectivity index (χ0) is 12.6. The van der Waals surface area contributed by atoms with Crippen LogP contribution in [0.5, 0.6) is 0 Å². The average Bonchev–Trinajstić information content (AvgIpc) is 2.27. The van der Waals surface area contributed by atoms with Crippen LogP contribution >= 0.6 is 11.6 Å². The Kier molecular flexibility index (Phi) is 3.37. The standard InChI is InChI=1S/C14H20ClNO/c1-10-11(15)6-4-7-12(10)16-9-5-8-13(17)14(16,2)3/h4,6-7,13,17H,5,8-9H2,1-3H3. The molecule has 1 aliphatic heterocycles. The monoisotopic (exact) mass is 253 g/mol. The predicted molar refractivity (Wildman–Crippen MR) is 72.9 cm³/mol. The lowest BCUT2D eigenvalue weighted by Crippen LogP contribution is -2.56. The van der Waals surface area contributed by atoms with Gasteiger partial charge in [0, 0.05) is 17.3 Å². The molecule has 1 unspecified atom stereocenters. The predicted octanol–water partition coefficient (Wildman–Crippen LogP) is 3.39. The van der Waals surface area contributed by atoms with Crippen LogP contribution in [0.2, 0.25) is 5.02 Å². The summed E-state index contributed by atoms with van der Waals surface area (Å²) in [7, 11) is 0. The molecule has 0 saturated carbocycles. The maximum Gasteiger partial charge on any atom is 0.0767 e. The third kappa shape index (κ3) is 2.16. The topological polar surface area (TPSA) is 23.5 Å². The Labute approximate surface area is 108 Å². The molecule has 1 saturated heterocycles. The molecule has 3 heteroatoms. The third-order valence-corrected chi connectivity index (χ3v) is 4.31. The molecule has 0 aliphatic carbocycles. The summed E-state index contributed by atoms with van der Waals surface area (Å²) >= 11 is 6.17.